The number of hydrogen-bond donors (Lipinski definition) is 1. The van der Waals surface area contributed by atoms with Crippen molar-refractivity contribution in [1.82, 2.24) is 9.97 Å². The molecule has 1 atom stereocenters. The topological polar surface area (TPSA) is 99.0 Å². The molecule has 130 valence electrons. The van der Waals surface area contributed by atoms with Gasteiger partial charge in [-0.05, 0) is 25.5 Å². The number of aryl methyl sites for hydroxylation is 1. The quantitative estimate of drug-likeness (QED) is 0.893. The van der Waals surface area contributed by atoms with Gasteiger partial charge in [-0.1, -0.05) is 12.1 Å². The first-order valence-electron chi connectivity index (χ1n) is 7.93. The molecular weight excluding hydrogens is 338 g/mol. The number of hydrogen-bond acceptors (Lipinski definition) is 7. The average Bonchev–Trinajstić information content (AvgIpc) is 2.94. The zero-order chi connectivity index (χ0) is 18.0. The second-order valence-electron chi connectivity index (χ2n) is 6.14. The largest absolute Gasteiger partial charge is 0.355 e. The summed E-state index contributed by atoms with van der Waals surface area (Å²) in [5, 5.41) is 12.3. The van der Waals surface area contributed by atoms with Crippen LogP contribution in [0.15, 0.2) is 30.3 Å². The molecule has 8 heteroatoms. The Morgan fingerprint density at radius 3 is 2.76 bits per heavy atom. The third-order valence-corrected chi connectivity index (χ3v) is 6.00. The van der Waals surface area contributed by atoms with E-state index in [1.807, 2.05) is 31.0 Å². The highest BCUT2D eigenvalue weighted by Gasteiger charge is 2.31. The standard InChI is InChI=1S/C17H19N5O2S/c1-12-9-16(22(2)14-7-8-25(23,24)11-14)21-17(19-12)20-15-6-4-3-5-13(15)10-18/h3-6,9,14H,7-8,11H2,1-2H3,(H,19,20,21). The predicted molar refractivity (Wildman–Crippen MR) is 96.7 cm³/mol. The van der Waals surface area contributed by atoms with Gasteiger partial charge < -0.3 is 10.2 Å². The van der Waals surface area contributed by atoms with Gasteiger partial charge in [-0.25, -0.2) is 13.4 Å². The highest BCUT2D eigenvalue weighted by Crippen LogP contribution is 2.24. The van der Waals surface area contributed by atoms with E-state index in [0.29, 0.717) is 29.4 Å². The molecule has 1 aromatic heterocycles. The van der Waals surface area contributed by atoms with Gasteiger partial charge in [-0.2, -0.15) is 10.2 Å². The monoisotopic (exact) mass is 357 g/mol. The van der Waals surface area contributed by atoms with E-state index in [0.717, 1.165) is 5.69 Å². The molecule has 0 aliphatic carbocycles. The second-order valence-corrected chi connectivity index (χ2v) is 8.37. The summed E-state index contributed by atoms with van der Waals surface area (Å²) >= 11 is 0. The van der Waals surface area contributed by atoms with E-state index in [-0.39, 0.29) is 17.5 Å². The number of nitriles is 1. The summed E-state index contributed by atoms with van der Waals surface area (Å²) in [5.74, 6) is 1.40. The molecule has 1 unspecified atom stereocenters. The Morgan fingerprint density at radius 2 is 2.08 bits per heavy atom. The lowest BCUT2D eigenvalue weighted by Gasteiger charge is -2.25. The summed E-state index contributed by atoms with van der Waals surface area (Å²) in [5.41, 5.74) is 1.90. The van der Waals surface area contributed by atoms with Crippen LogP contribution < -0.4 is 10.2 Å². The summed E-state index contributed by atoms with van der Waals surface area (Å²) in [6.07, 6.45) is 0.599. The van der Waals surface area contributed by atoms with Gasteiger partial charge in [0, 0.05) is 24.8 Å². The Balaban J connectivity index is 1.87. The van der Waals surface area contributed by atoms with Crippen LogP contribution in [0, 0.1) is 18.3 Å². The van der Waals surface area contributed by atoms with Gasteiger partial charge >= 0.3 is 0 Å². The van der Waals surface area contributed by atoms with E-state index in [1.165, 1.54) is 0 Å². The average molecular weight is 357 g/mol. The lowest BCUT2D eigenvalue weighted by molar-refractivity contribution is 0.600. The highest BCUT2D eigenvalue weighted by molar-refractivity contribution is 7.91. The molecule has 1 N–H and O–H groups in total. The maximum Gasteiger partial charge on any atom is 0.229 e. The Hall–Kier alpha value is -2.66. The normalized spacial score (nSPS) is 18.5. The van der Waals surface area contributed by atoms with Gasteiger partial charge in [-0.15, -0.1) is 0 Å². The molecule has 0 amide bonds. The van der Waals surface area contributed by atoms with E-state index in [9.17, 15) is 13.7 Å². The van der Waals surface area contributed by atoms with Crippen molar-refractivity contribution >= 4 is 27.3 Å². The van der Waals surface area contributed by atoms with Gasteiger partial charge in [0.05, 0.1) is 22.8 Å². The Labute approximate surface area is 147 Å². The molecular formula is C17H19N5O2S. The molecule has 25 heavy (non-hydrogen) atoms. The number of benzene rings is 1. The Morgan fingerprint density at radius 1 is 1.32 bits per heavy atom. The third-order valence-electron chi connectivity index (χ3n) is 4.25. The molecule has 7 nitrogen and oxygen atoms in total. The first-order chi connectivity index (χ1) is 11.9. The molecule has 1 fully saturated rings. The maximum atomic E-state index is 11.7. The molecule has 0 saturated carbocycles. The van der Waals surface area contributed by atoms with Crippen LogP contribution in [0.4, 0.5) is 17.5 Å². The second kappa shape index (κ2) is 6.69. The summed E-state index contributed by atoms with van der Waals surface area (Å²) in [6, 6.07) is 11.0. The van der Waals surface area contributed by atoms with Crippen molar-refractivity contribution in [3.63, 3.8) is 0 Å². The molecule has 1 aromatic carbocycles. The van der Waals surface area contributed by atoms with E-state index in [2.05, 4.69) is 21.4 Å². The lowest BCUT2D eigenvalue weighted by Crippen LogP contribution is -2.33. The zero-order valence-corrected chi connectivity index (χ0v) is 14.9. The van der Waals surface area contributed by atoms with Crippen molar-refractivity contribution < 1.29 is 8.42 Å². The van der Waals surface area contributed by atoms with Crippen LogP contribution in [-0.4, -0.2) is 43.0 Å². The van der Waals surface area contributed by atoms with Crippen LogP contribution in [-0.2, 0) is 9.84 Å². The number of rotatable bonds is 4. The van der Waals surface area contributed by atoms with Crippen molar-refractivity contribution in [2.45, 2.75) is 19.4 Å². The van der Waals surface area contributed by atoms with Crippen LogP contribution in [0.25, 0.3) is 0 Å². The minimum Gasteiger partial charge on any atom is -0.355 e. The van der Waals surface area contributed by atoms with Crippen LogP contribution >= 0.6 is 0 Å². The summed E-state index contributed by atoms with van der Waals surface area (Å²) in [7, 11) is -1.12. The van der Waals surface area contributed by atoms with Gasteiger partial charge in [0.25, 0.3) is 0 Å². The molecule has 2 heterocycles. The molecule has 3 rings (SSSR count). The van der Waals surface area contributed by atoms with Crippen LogP contribution in [0.3, 0.4) is 0 Å². The number of aromatic nitrogens is 2. The van der Waals surface area contributed by atoms with Crippen LogP contribution in [0.1, 0.15) is 17.7 Å². The van der Waals surface area contributed by atoms with Crippen LogP contribution in [0.5, 0.6) is 0 Å². The maximum absolute atomic E-state index is 11.7. The molecule has 0 radical (unpaired) electrons. The summed E-state index contributed by atoms with van der Waals surface area (Å²) < 4.78 is 23.4. The van der Waals surface area contributed by atoms with Crippen molar-refractivity contribution in [2.24, 2.45) is 0 Å². The van der Waals surface area contributed by atoms with Crippen LogP contribution in [0.2, 0.25) is 0 Å². The van der Waals surface area contributed by atoms with E-state index in [4.69, 9.17) is 0 Å². The minimum absolute atomic E-state index is 0.0847. The van der Waals surface area contributed by atoms with Crippen molar-refractivity contribution in [3.05, 3.63) is 41.6 Å². The number of nitrogens with zero attached hydrogens (tertiary/aromatic N) is 4. The Bertz CT molecular complexity index is 936. The zero-order valence-electron chi connectivity index (χ0n) is 14.1. The number of nitrogens with one attached hydrogen (secondary N) is 1. The van der Waals surface area contributed by atoms with E-state index < -0.39 is 9.84 Å². The lowest BCUT2D eigenvalue weighted by atomic mass is 10.2. The molecule has 1 saturated heterocycles. The minimum atomic E-state index is -2.96. The van der Waals surface area contributed by atoms with E-state index >= 15 is 0 Å². The number of para-hydroxylation sites is 1. The Kier molecular flexibility index (Phi) is 4.59. The van der Waals surface area contributed by atoms with Crippen molar-refractivity contribution in [1.29, 1.82) is 5.26 Å². The molecule has 1 aliphatic heterocycles. The molecule has 1 aliphatic rings. The van der Waals surface area contributed by atoms with Gasteiger partial charge in [0.2, 0.25) is 5.95 Å². The smallest absolute Gasteiger partial charge is 0.229 e. The van der Waals surface area contributed by atoms with Gasteiger partial charge in [0.15, 0.2) is 9.84 Å². The summed E-state index contributed by atoms with van der Waals surface area (Å²) in [4.78, 5) is 10.8. The van der Waals surface area contributed by atoms with Crippen molar-refractivity contribution in [2.75, 3.05) is 28.8 Å². The number of sulfone groups is 1. The van der Waals surface area contributed by atoms with Gasteiger partial charge in [-0.3, -0.25) is 0 Å². The fourth-order valence-electron chi connectivity index (χ4n) is 2.87. The predicted octanol–water partition coefficient (Wildman–Crippen LogP) is 2.02. The van der Waals surface area contributed by atoms with Crippen molar-refractivity contribution in [3.8, 4) is 6.07 Å². The number of anilines is 3. The fraction of sp³-hybridized carbons (Fsp3) is 0.353. The first-order valence-corrected chi connectivity index (χ1v) is 9.75. The first kappa shape index (κ1) is 17.2. The molecule has 0 bridgehead atoms. The van der Waals surface area contributed by atoms with Gasteiger partial charge in [0.1, 0.15) is 11.9 Å². The SMILES string of the molecule is Cc1cc(N(C)C2CCS(=O)(=O)C2)nc(Nc2ccccc2C#N)n1. The highest BCUT2D eigenvalue weighted by atomic mass is 32.2. The van der Waals surface area contributed by atoms with E-state index in [1.54, 1.807) is 18.2 Å². The molecule has 0 spiro atoms. The summed E-state index contributed by atoms with van der Waals surface area (Å²) in [6.45, 7) is 1.85. The fourth-order valence-corrected chi connectivity index (χ4v) is 4.64. The molecule has 2 aromatic rings. The third kappa shape index (κ3) is 3.88.